The number of benzene rings is 1. The molecule has 68 valence electrons. The summed E-state index contributed by atoms with van der Waals surface area (Å²) >= 11 is 0. The maximum Gasteiger partial charge on any atom is 0.0653 e. The van der Waals surface area contributed by atoms with E-state index in [1.54, 1.807) is 0 Å². The molecule has 2 aromatic rings. The van der Waals surface area contributed by atoms with E-state index in [1.807, 2.05) is 6.20 Å². The van der Waals surface area contributed by atoms with Gasteiger partial charge in [-0.3, -0.25) is 5.10 Å². The Morgan fingerprint density at radius 2 is 2.08 bits per heavy atom. The van der Waals surface area contributed by atoms with E-state index in [2.05, 4.69) is 43.1 Å². The summed E-state index contributed by atoms with van der Waals surface area (Å²) in [5.74, 6) is 0.557. The van der Waals surface area contributed by atoms with Gasteiger partial charge in [0.15, 0.2) is 0 Å². The first kappa shape index (κ1) is 8.30. The van der Waals surface area contributed by atoms with Crippen LogP contribution in [-0.2, 0) is 0 Å². The summed E-state index contributed by atoms with van der Waals surface area (Å²) in [7, 11) is 0. The van der Waals surface area contributed by atoms with Gasteiger partial charge in [-0.05, 0) is 30.0 Å². The molecule has 2 rings (SSSR count). The van der Waals surface area contributed by atoms with E-state index in [0.717, 1.165) is 5.52 Å². The first-order valence-electron chi connectivity index (χ1n) is 4.62. The van der Waals surface area contributed by atoms with E-state index >= 15 is 0 Å². The number of nitrogens with one attached hydrogen (secondary N) is 1. The van der Waals surface area contributed by atoms with Crippen molar-refractivity contribution in [2.75, 3.05) is 0 Å². The Labute approximate surface area is 78.0 Å². The van der Waals surface area contributed by atoms with Crippen molar-refractivity contribution in [1.82, 2.24) is 10.2 Å². The van der Waals surface area contributed by atoms with Crippen LogP contribution >= 0.6 is 0 Å². The lowest BCUT2D eigenvalue weighted by Crippen LogP contribution is -1.92. The third-order valence-corrected chi connectivity index (χ3v) is 2.46. The number of hydrogen-bond acceptors (Lipinski definition) is 1. The van der Waals surface area contributed by atoms with Crippen molar-refractivity contribution in [3.05, 3.63) is 29.5 Å². The molecule has 0 fully saturated rings. The maximum atomic E-state index is 4.06. The van der Waals surface area contributed by atoms with Crippen molar-refractivity contribution < 1.29 is 0 Å². The zero-order chi connectivity index (χ0) is 9.42. The Balaban J connectivity index is 2.80. The van der Waals surface area contributed by atoms with E-state index in [4.69, 9.17) is 0 Å². The number of hydrogen-bond donors (Lipinski definition) is 1. The number of rotatable bonds is 1. The number of H-pyrrole nitrogens is 1. The molecule has 1 aromatic heterocycles. The smallest absolute Gasteiger partial charge is 0.0653 e. The van der Waals surface area contributed by atoms with Crippen molar-refractivity contribution in [1.29, 1.82) is 0 Å². The first-order valence-corrected chi connectivity index (χ1v) is 4.62. The van der Waals surface area contributed by atoms with Crippen LogP contribution in [0.25, 0.3) is 10.9 Å². The largest absolute Gasteiger partial charge is 0.278 e. The van der Waals surface area contributed by atoms with Gasteiger partial charge in [-0.1, -0.05) is 19.9 Å². The highest BCUT2D eigenvalue weighted by molar-refractivity contribution is 5.83. The zero-order valence-electron chi connectivity index (χ0n) is 8.26. The molecule has 2 nitrogen and oxygen atoms in total. The Bertz CT molecular complexity index is 427. The highest BCUT2D eigenvalue weighted by Gasteiger charge is 2.08. The molecule has 0 saturated heterocycles. The van der Waals surface area contributed by atoms with Gasteiger partial charge < -0.3 is 0 Å². The third-order valence-electron chi connectivity index (χ3n) is 2.46. The molecule has 13 heavy (non-hydrogen) atoms. The molecule has 2 heteroatoms. The van der Waals surface area contributed by atoms with Crippen LogP contribution in [-0.4, -0.2) is 10.2 Å². The van der Waals surface area contributed by atoms with Gasteiger partial charge in [0.2, 0.25) is 0 Å². The quantitative estimate of drug-likeness (QED) is 0.707. The summed E-state index contributed by atoms with van der Waals surface area (Å²) in [6.45, 7) is 6.59. The van der Waals surface area contributed by atoms with Gasteiger partial charge in [-0.25, -0.2) is 0 Å². The van der Waals surface area contributed by atoms with Crippen LogP contribution in [0.15, 0.2) is 18.3 Å². The molecule has 1 aromatic carbocycles. The standard InChI is InChI=1S/C11H14N2/c1-7(2)11-8(3)4-5-10-9(11)6-12-13-10/h4-7H,1-3H3,(H,12,13). The van der Waals surface area contributed by atoms with Gasteiger partial charge >= 0.3 is 0 Å². The minimum absolute atomic E-state index is 0.557. The molecule has 0 amide bonds. The molecular formula is C11H14N2. The van der Waals surface area contributed by atoms with E-state index in [1.165, 1.54) is 16.5 Å². The molecule has 0 spiro atoms. The average Bonchev–Trinajstić information content (AvgIpc) is 2.50. The van der Waals surface area contributed by atoms with Gasteiger partial charge in [0.05, 0.1) is 11.7 Å². The third kappa shape index (κ3) is 1.22. The monoisotopic (exact) mass is 174 g/mol. The molecular weight excluding hydrogens is 160 g/mol. The van der Waals surface area contributed by atoms with Crippen LogP contribution in [0, 0.1) is 6.92 Å². The molecule has 1 N–H and O–H groups in total. The average molecular weight is 174 g/mol. The Kier molecular flexibility index (Phi) is 1.83. The van der Waals surface area contributed by atoms with Crippen molar-refractivity contribution >= 4 is 10.9 Å². The molecule has 0 unspecified atom stereocenters. The Hall–Kier alpha value is -1.31. The number of nitrogens with zero attached hydrogens (tertiary/aromatic N) is 1. The molecule has 0 radical (unpaired) electrons. The summed E-state index contributed by atoms with van der Waals surface area (Å²) in [6, 6.07) is 4.24. The topological polar surface area (TPSA) is 28.7 Å². The fourth-order valence-electron chi connectivity index (χ4n) is 1.91. The van der Waals surface area contributed by atoms with E-state index < -0.39 is 0 Å². The van der Waals surface area contributed by atoms with Crippen LogP contribution in [0.4, 0.5) is 0 Å². The number of aryl methyl sites for hydroxylation is 1. The first-order chi connectivity index (χ1) is 6.20. The second kappa shape index (κ2) is 2.87. The number of fused-ring (bicyclic) bond motifs is 1. The predicted octanol–water partition coefficient (Wildman–Crippen LogP) is 2.99. The van der Waals surface area contributed by atoms with Gasteiger partial charge in [0.1, 0.15) is 0 Å². The van der Waals surface area contributed by atoms with E-state index in [0.29, 0.717) is 5.92 Å². The van der Waals surface area contributed by atoms with Crippen molar-refractivity contribution in [2.45, 2.75) is 26.7 Å². The van der Waals surface area contributed by atoms with Crippen LogP contribution in [0.1, 0.15) is 30.9 Å². The van der Waals surface area contributed by atoms with Crippen molar-refractivity contribution in [2.24, 2.45) is 0 Å². The van der Waals surface area contributed by atoms with E-state index in [9.17, 15) is 0 Å². The molecule has 0 bridgehead atoms. The van der Waals surface area contributed by atoms with Crippen LogP contribution < -0.4 is 0 Å². The Morgan fingerprint density at radius 3 is 2.77 bits per heavy atom. The molecule has 0 aliphatic carbocycles. The number of aromatic nitrogens is 2. The van der Waals surface area contributed by atoms with E-state index in [-0.39, 0.29) is 0 Å². The minimum atomic E-state index is 0.557. The summed E-state index contributed by atoms with van der Waals surface area (Å²) in [5, 5.41) is 8.31. The highest BCUT2D eigenvalue weighted by Crippen LogP contribution is 2.26. The van der Waals surface area contributed by atoms with Crippen LogP contribution in [0.2, 0.25) is 0 Å². The van der Waals surface area contributed by atoms with Crippen molar-refractivity contribution in [3.63, 3.8) is 0 Å². The van der Waals surface area contributed by atoms with Crippen molar-refractivity contribution in [3.8, 4) is 0 Å². The van der Waals surface area contributed by atoms with Gasteiger partial charge in [0, 0.05) is 5.39 Å². The van der Waals surface area contributed by atoms with Gasteiger partial charge in [-0.15, -0.1) is 0 Å². The molecule has 0 saturated carbocycles. The Morgan fingerprint density at radius 1 is 1.31 bits per heavy atom. The maximum absolute atomic E-state index is 4.06. The van der Waals surface area contributed by atoms with Gasteiger partial charge in [0.25, 0.3) is 0 Å². The normalized spacial score (nSPS) is 11.4. The fourth-order valence-corrected chi connectivity index (χ4v) is 1.91. The summed E-state index contributed by atoms with van der Waals surface area (Å²) in [6.07, 6.45) is 1.91. The second-order valence-electron chi connectivity index (χ2n) is 3.78. The summed E-state index contributed by atoms with van der Waals surface area (Å²) in [4.78, 5) is 0. The molecule has 0 atom stereocenters. The molecule has 0 aliphatic rings. The molecule has 1 heterocycles. The number of aromatic amines is 1. The summed E-state index contributed by atoms with van der Waals surface area (Å²) in [5.41, 5.74) is 3.89. The SMILES string of the molecule is Cc1ccc2[nH]ncc2c1C(C)C. The zero-order valence-corrected chi connectivity index (χ0v) is 8.26. The summed E-state index contributed by atoms with van der Waals surface area (Å²) < 4.78 is 0. The fraction of sp³-hybridized carbons (Fsp3) is 0.364. The lowest BCUT2D eigenvalue weighted by molar-refractivity contribution is 0.867. The lowest BCUT2D eigenvalue weighted by atomic mass is 9.95. The van der Waals surface area contributed by atoms with Gasteiger partial charge in [-0.2, -0.15) is 5.10 Å². The second-order valence-corrected chi connectivity index (χ2v) is 3.78. The molecule has 0 aliphatic heterocycles. The predicted molar refractivity (Wildman–Crippen MR) is 54.9 cm³/mol. The highest BCUT2D eigenvalue weighted by atomic mass is 15.1. The van der Waals surface area contributed by atoms with Crippen LogP contribution in [0.3, 0.4) is 0 Å². The van der Waals surface area contributed by atoms with Crippen LogP contribution in [0.5, 0.6) is 0 Å². The lowest BCUT2D eigenvalue weighted by Gasteiger charge is -2.10. The minimum Gasteiger partial charge on any atom is -0.278 e.